The normalized spacial score (nSPS) is 10.7. The van der Waals surface area contributed by atoms with Gasteiger partial charge in [0.25, 0.3) is 0 Å². The van der Waals surface area contributed by atoms with Crippen LogP contribution in [0.15, 0.2) is 11.8 Å². The maximum absolute atomic E-state index is 10.2. The van der Waals surface area contributed by atoms with Crippen molar-refractivity contribution in [1.29, 1.82) is 0 Å². The molecule has 10 heavy (non-hydrogen) atoms. The van der Waals surface area contributed by atoms with E-state index >= 15 is 0 Å². The van der Waals surface area contributed by atoms with E-state index in [-0.39, 0.29) is 10.8 Å². The fourth-order valence-electron chi connectivity index (χ4n) is 0.382. The minimum Gasteiger partial charge on any atom is -0.477 e. The molecule has 4 nitrogen and oxygen atoms in total. The molecule has 4 N–H and O–H groups in total. The van der Waals surface area contributed by atoms with E-state index in [4.69, 9.17) is 10.8 Å². The van der Waals surface area contributed by atoms with E-state index in [1.54, 1.807) is 6.92 Å². The predicted octanol–water partition coefficient (Wildman–Crippen LogP) is -0.192. The van der Waals surface area contributed by atoms with Gasteiger partial charge in [-0.2, -0.15) is 0 Å². The average molecular weight is 160 g/mol. The first-order chi connectivity index (χ1) is 4.57. The van der Waals surface area contributed by atoms with Gasteiger partial charge in [-0.1, -0.05) is 6.08 Å². The fourth-order valence-corrected chi connectivity index (χ4v) is 0.492. The molecule has 0 fully saturated rings. The lowest BCUT2D eigenvalue weighted by Crippen LogP contribution is -2.31. The van der Waals surface area contributed by atoms with E-state index < -0.39 is 5.97 Å². The lowest BCUT2D eigenvalue weighted by molar-refractivity contribution is -0.132. The van der Waals surface area contributed by atoms with Gasteiger partial charge in [-0.3, -0.25) is 0 Å². The summed E-state index contributed by atoms with van der Waals surface area (Å²) >= 11 is 4.42. The van der Waals surface area contributed by atoms with Crippen LogP contribution in [0.4, 0.5) is 0 Å². The second kappa shape index (κ2) is 3.84. The molecular weight excluding hydrogens is 152 g/mol. The molecule has 0 radical (unpaired) electrons. The van der Waals surface area contributed by atoms with Crippen molar-refractivity contribution in [3.63, 3.8) is 0 Å². The van der Waals surface area contributed by atoms with Crippen molar-refractivity contribution < 1.29 is 9.90 Å². The van der Waals surface area contributed by atoms with Gasteiger partial charge in [-0.25, -0.2) is 4.79 Å². The Morgan fingerprint density at radius 2 is 2.30 bits per heavy atom. The first-order valence-corrected chi connectivity index (χ1v) is 2.94. The molecule has 5 heteroatoms. The highest BCUT2D eigenvalue weighted by Gasteiger charge is 2.04. The van der Waals surface area contributed by atoms with Crippen molar-refractivity contribution >= 4 is 23.3 Å². The monoisotopic (exact) mass is 160 g/mol. The lowest BCUT2D eigenvalue weighted by atomic mass is 10.4. The molecule has 0 aliphatic heterocycles. The zero-order chi connectivity index (χ0) is 8.15. The number of carboxylic acid groups (broad SMARTS) is 1. The Kier molecular flexibility index (Phi) is 3.42. The van der Waals surface area contributed by atoms with Crippen LogP contribution < -0.4 is 11.1 Å². The number of nitrogens with two attached hydrogens (primary N) is 1. The molecule has 56 valence electrons. The standard InChI is InChI=1S/C5H8N2O2S/c1-2-3(4(8)9)7-5(6)10/h2H,1H3,(H,8,9)(H3,6,7,10)/b3-2-. The van der Waals surface area contributed by atoms with Crippen LogP contribution in [-0.2, 0) is 4.79 Å². The molecule has 0 aliphatic rings. The molecular formula is C5H8N2O2S. The number of thiocarbonyl (C=S) groups is 1. The Balaban J connectivity index is 4.12. The second-order valence-electron chi connectivity index (χ2n) is 1.50. The van der Waals surface area contributed by atoms with Crippen molar-refractivity contribution in [2.24, 2.45) is 5.73 Å². The summed E-state index contributed by atoms with van der Waals surface area (Å²) in [5.41, 5.74) is 5.02. The molecule has 0 aromatic carbocycles. The van der Waals surface area contributed by atoms with E-state index in [1.807, 2.05) is 0 Å². The molecule has 0 heterocycles. The van der Waals surface area contributed by atoms with Crippen LogP contribution in [0.1, 0.15) is 6.92 Å². The number of aliphatic carboxylic acids is 1. The Bertz CT molecular complexity index is 188. The third-order valence-corrected chi connectivity index (χ3v) is 0.879. The maximum Gasteiger partial charge on any atom is 0.352 e. The van der Waals surface area contributed by atoms with Crippen molar-refractivity contribution in [1.82, 2.24) is 5.32 Å². The van der Waals surface area contributed by atoms with Crippen molar-refractivity contribution in [2.75, 3.05) is 0 Å². The van der Waals surface area contributed by atoms with Gasteiger partial charge in [0.2, 0.25) is 0 Å². The fraction of sp³-hybridized carbons (Fsp3) is 0.200. The van der Waals surface area contributed by atoms with Gasteiger partial charge in [-0.05, 0) is 19.1 Å². The number of hydrogen-bond acceptors (Lipinski definition) is 2. The summed E-state index contributed by atoms with van der Waals surface area (Å²) < 4.78 is 0. The number of allylic oxidation sites excluding steroid dienone is 1. The van der Waals surface area contributed by atoms with Gasteiger partial charge < -0.3 is 16.2 Å². The Labute approximate surface area is 63.7 Å². The lowest BCUT2D eigenvalue weighted by Gasteiger charge is -2.01. The van der Waals surface area contributed by atoms with E-state index in [9.17, 15) is 4.79 Å². The van der Waals surface area contributed by atoms with Crippen LogP contribution in [0.25, 0.3) is 0 Å². The average Bonchev–Trinajstić information content (AvgIpc) is 1.81. The van der Waals surface area contributed by atoms with Crippen LogP contribution in [0.5, 0.6) is 0 Å². The van der Waals surface area contributed by atoms with Crippen LogP contribution in [0.3, 0.4) is 0 Å². The predicted molar refractivity (Wildman–Crippen MR) is 41.3 cm³/mol. The molecule has 0 spiro atoms. The zero-order valence-electron chi connectivity index (χ0n) is 5.42. The van der Waals surface area contributed by atoms with Gasteiger partial charge in [0.1, 0.15) is 5.70 Å². The number of carboxylic acids is 1. The van der Waals surface area contributed by atoms with Crippen molar-refractivity contribution in [3.05, 3.63) is 11.8 Å². The van der Waals surface area contributed by atoms with Gasteiger partial charge in [0.05, 0.1) is 0 Å². The molecule has 0 saturated carbocycles. The maximum atomic E-state index is 10.2. The third-order valence-electron chi connectivity index (χ3n) is 0.777. The zero-order valence-corrected chi connectivity index (χ0v) is 6.23. The van der Waals surface area contributed by atoms with Gasteiger partial charge in [0, 0.05) is 0 Å². The minimum absolute atomic E-state index is 0.00694. The molecule has 0 bridgehead atoms. The summed E-state index contributed by atoms with van der Waals surface area (Å²) in [6.07, 6.45) is 1.38. The molecule has 0 atom stereocenters. The highest BCUT2D eigenvalue weighted by molar-refractivity contribution is 7.80. The third kappa shape index (κ3) is 3.03. The molecule has 0 unspecified atom stereocenters. The summed E-state index contributed by atoms with van der Waals surface area (Å²) in [7, 11) is 0. The van der Waals surface area contributed by atoms with Crippen molar-refractivity contribution in [2.45, 2.75) is 6.92 Å². The molecule has 0 rings (SSSR count). The van der Waals surface area contributed by atoms with Gasteiger partial charge >= 0.3 is 5.97 Å². The van der Waals surface area contributed by atoms with Crippen LogP contribution in [0, 0.1) is 0 Å². The van der Waals surface area contributed by atoms with Crippen LogP contribution in [-0.4, -0.2) is 16.2 Å². The minimum atomic E-state index is -1.07. The second-order valence-corrected chi connectivity index (χ2v) is 1.94. The van der Waals surface area contributed by atoms with Crippen LogP contribution in [0.2, 0.25) is 0 Å². The van der Waals surface area contributed by atoms with E-state index in [1.165, 1.54) is 6.08 Å². The molecule has 0 aromatic heterocycles. The van der Waals surface area contributed by atoms with E-state index in [2.05, 4.69) is 17.5 Å². The smallest absolute Gasteiger partial charge is 0.352 e. The Hall–Kier alpha value is -1.10. The van der Waals surface area contributed by atoms with E-state index in [0.717, 1.165) is 0 Å². The summed E-state index contributed by atoms with van der Waals surface area (Å²) in [5.74, 6) is -1.07. The largest absolute Gasteiger partial charge is 0.477 e. The summed E-state index contributed by atoms with van der Waals surface area (Å²) in [4.78, 5) is 10.2. The molecule has 0 amide bonds. The Morgan fingerprint density at radius 1 is 1.80 bits per heavy atom. The first kappa shape index (κ1) is 8.90. The number of carbonyl (C=O) groups is 1. The molecule has 0 aliphatic carbocycles. The summed E-state index contributed by atoms with van der Waals surface area (Å²) in [6, 6.07) is 0. The number of rotatable bonds is 2. The van der Waals surface area contributed by atoms with Crippen LogP contribution >= 0.6 is 12.2 Å². The topological polar surface area (TPSA) is 75.3 Å². The van der Waals surface area contributed by atoms with Gasteiger partial charge in [0.15, 0.2) is 5.11 Å². The SMILES string of the molecule is C/C=C(\NC(N)=S)C(=O)O. The van der Waals surface area contributed by atoms with Crippen molar-refractivity contribution in [3.8, 4) is 0 Å². The molecule has 0 saturated heterocycles. The summed E-state index contributed by atoms with van der Waals surface area (Å²) in [6.45, 7) is 1.58. The van der Waals surface area contributed by atoms with E-state index in [0.29, 0.717) is 0 Å². The molecule has 0 aromatic rings. The Morgan fingerprint density at radius 3 is 2.40 bits per heavy atom. The quantitative estimate of drug-likeness (QED) is 0.385. The number of nitrogens with one attached hydrogen (secondary N) is 1. The van der Waals surface area contributed by atoms with Gasteiger partial charge in [-0.15, -0.1) is 0 Å². The highest BCUT2D eigenvalue weighted by Crippen LogP contribution is 1.86. The highest BCUT2D eigenvalue weighted by atomic mass is 32.1. The summed E-state index contributed by atoms with van der Waals surface area (Å²) in [5, 5.41) is 10.6. The number of hydrogen-bond donors (Lipinski definition) is 3. The first-order valence-electron chi connectivity index (χ1n) is 2.54.